The van der Waals surface area contributed by atoms with Crippen LogP contribution in [0.3, 0.4) is 0 Å². The SMILES string of the molecule is CCC1(CC)OC[C@H](CCC2=C(O)CCC2=O)O1. The predicted octanol–water partition coefficient (Wildman–Crippen LogP) is 2.87. The third kappa shape index (κ3) is 2.59. The Hall–Kier alpha value is -0.870. The van der Waals surface area contributed by atoms with Crippen molar-refractivity contribution in [2.45, 2.75) is 64.3 Å². The molecule has 0 unspecified atom stereocenters. The summed E-state index contributed by atoms with van der Waals surface area (Å²) >= 11 is 0. The van der Waals surface area contributed by atoms with Gasteiger partial charge in [0, 0.05) is 18.4 Å². The number of allylic oxidation sites excluding steroid dienone is 2. The number of aliphatic hydroxyl groups excluding tert-OH is 1. The fourth-order valence-corrected chi connectivity index (χ4v) is 2.66. The third-order valence-corrected chi connectivity index (χ3v) is 3.98. The van der Waals surface area contributed by atoms with Crippen molar-refractivity contribution in [2.24, 2.45) is 0 Å². The Morgan fingerprint density at radius 2 is 2.06 bits per heavy atom. The van der Waals surface area contributed by atoms with Crippen LogP contribution in [0.25, 0.3) is 0 Å². The second kappa shape index (κ2) is 5.41. The molecule has 1 aliphatic carbocycles. The van der Waals surface area contributed by atoms with Crippen molar-refractivity contribution in [1.29, 1.82) is 0 Å². The zero-order valence-corrected chi connectivity index (χ0v) is 11.2. The van der Waals surface area contributed by atoms with E-state index in [2.05, 4.69) is 13.8 Å². The van der Waals surface area contributed by atoms with E-state index in [4.69, 9.17) is 9.47 Å². The van der Waals surface area contributed by atoms with Crippen LogP contribution in [-0.2, 0) is 14.3 Å². The van der Waals surface area contributed by atoms with Gasteiger partial charge in [0.1, 0.15) is 0 Å². The molecule has 1 fully saturated rings. The molecule has 2 aliphatic rings. The summed E-state index contributed by atoms with van der Waals surface area (Å²) < 4.78 is 11.7. The minimum Gasteiger partial charge on any atom is -0.512 e. The van der Waals surface area contributed by atoms with E-state index in [1.54, 1.807) is 0 Å². The van der Waals surface area contributed by atoms with Gasteiger partial charge in [-0.3, -0.25) is 4.79 Å². The van der Waals surface area contributed by atoms with Crippen LogP contribution < -0.4 is 0 Å². The summed E-state index contributed by atoms with van der Waals surface area (Å²) in [4.78, 5) is 11.5. The topological polar surface area (TPSA) is 55.8 Å². The number of carbonyl (C=O) groups is 1. The summed E-state index contributed by atoms with van der Waals surface area (Å²) in [5, 5.41) is 9.62. The lowest BCUT2D eigenvalue weighted by molar-refractivity contribution is -0.172. The quantitative estimate of drug-likeness (QED) is 0.819. The van der Waals surface area contributed by atoms with Gasteiger partial charge in [-0.25, -0.2) is 0 Å². The molecule has 1 heterocycles. The Morgan fingerprint density at radius 3 is 2.56 bits per heavy atom. The number of ether oxygens (including phenoxy) is 2. The molecule has 2 rings (SSSR count). The monoisotopic (exact) mass is 254 g/mol. The van der Waals surface area contributed by atoms with E-state index in [0.29, 0.717) is 31.4 Å². The van der Waals surface area contributed by atoms with E-state index in [1.165, 1.54) is 0 Å². The lowest BCUT2D eigenvalue weighted by Crippen LogP contribution is -2.28. The highest BCUT2D eigenvalue weighted by atomic mass is 16.7. The first-order valence-corrected chi connectivity index (χ1v) is 6.86. The molecule has 1 N–H and O–H groups in total. The van der Waals surface area contributed by atoms with Gasteiger partial charge in [-0.05, 0) is 25.7 Å². The fraction of sp³-hybridized carbons (Fsp3) is 0.786. The maximum atomic E-state index is 11.5. The molecule has 0 spiro atoms. The first-order chi connectivity index (χ1) is 8.60. The molecule has 0 amide bonds. The average molecular weight is 254 g/mol. The molecular formula is C14H22O4. The van der Waals surface area contributed by atoms with Gasteiger partial charge in [0.25, 0.3) is 0 Å². The molecule has 0 aromatic rings. The van der Waals surface area contributed by atoms with Crippen LogP contribution in [0.5, 0.6) is 0 Å². The maximum absolute atomic E-state index is 11.5. The zero-order valence-electron chi connectivity index (χ0n) is 11.2. The molecule has 0 radical (unpaired) electrons. The van der Waals surface area contributed by atoms with E-state index in [0.717, 1.165) is 19.3 Å². The lowest BCUT2D eigenvalue weighted by atomic mass is 10.1. The molecule has 1 atom stereocenters. The highest BCUT2D eigenvalue weighted by molar-refractivity contribution is 5.98. The van der Waals surface area contributed by atoms with Crippen LogP contribution in [-0.4, -0.2) is 29.4 Å². The van der Waals surface area contributed by atoms with Gasteiger partial charge in [-0.15, -0.1) is 0 Å². The van der Waals surface area contributed by atoms with Gasteiger partial charge in [0.05, 0.1) is 18.5 Å². The second-order valence-corrected chi connectivity index (χ2v) is 5.06. The van der Waals surface area contributed by atoms with Gasteiger partial charge in [-0.2, -0.15) is 0 Å². The molecule has 0 aromatic heterocycles. The van der Waals surface area contributed by atoms with Crippen molar-refractivity contribution >= 4 is 5.78 Å². The molecular weight excluding hydrogens is 232 g/mol. The van der Waals surface area contributed by atoms with Crippen LogP contribution in [0.1, 0.15) is 52.4 Å². The van der Waals surface area contributed by atoms with E-state index in [9.17, 15) is 9.90 Å². The number of aliphatic hydroxyl groups is 1. The lowest BCUT2D eigenvalue weighted by Gasteiger charge is -2.25. The largest absolute Gasteiger partial charge is 0.512 e. The molecule has 4 nitrogen and oxygen atoms in total. The van der Waals surface area contributed by atoms with Gasteiger partial charge in [-0.1, -0.05) is 13.8 Å². The first-order valence-electron chi connectivity index (χ1n) is 6.86. The van der Waals surface area contributed by atoms with Crippen LogP contribution in [0.2, 0.25) is 0 Å². The molecule has 18 heavy (non-hydrogen) atoms. The number of hydrogen-bond donors (Lipinski definition) is 1. The predicted molar refractivity (Wildman–Crippen MR) is 67.3 cm³/mol. The van der Waals surface area contributed by atoms with E-state index in [1.807, 2.05) is 0 Å². The van der Waals surface area contributed by atoms with Crippen LogP contribution in [0, 0.1) is 0 Å². The Balaban J connectivity index is 1.86. The normalized spacial score (nSPS) is 27.2. The average Bonchev–Trinajstić information content (AvgIpc) is 2.93. The standard InChI is InChI=1S/C14H22O4/c1-3-14(4-2)17-9-10(18-14)5-6-11-12(15)7-8-13(11)16/h10,15H,3-9H2,1-2H3/t10-/m0/s1. The Kier molecular flexibility index (Phi) is 4.07. The van der Waals surface area contributed by atoms with Crippen molar-refractivity contribution in [3.63, 3.8) is 0 Å². The summed E-state index contributed by atoms with van der Waals surface area (Å²) in [6.45, 7) is 4.70. The summed E-state index contributed by atoms with van der Waals surface area (Å²) in [7, 11) is 0. The van der Waals surface area contributed by atoms with Crippen molar-refractivity contribution in [3.05, 3.63) is 11.3 Å². The third-order valence-electron chi connectivity index (χ3n) is 3.98. The second-order valence-electron chi connectivity index (χ2n) is 5.06. The van der Waals surface area contributed by atoms with Crippen molar-refractivity contribution in [1.82, 2.24) is 0 Å². The highest BCUT2D eigenvalue weighted by Gasteiger charge is 2.38. The number of ketones is 1. The number of rotatable bonds is 5. The number of hydrogen-bond acceptors (Lipinski definition) is 4. The van der Waals surface area contributed by atoms with Gasteiger partial charge >= 0.3 is 0 Å². The summed E-state index contributed by atoms with van der Waals surface area (Å²) in [5.74, 6) is -0.0688. The van der Waals surface area contributed by atoms with Crippen LogP contribution in [0.4, 0.5) is 0 Å². The summed E-state index contributed by atoms with van der Waals surface area (Å²) in [6.07, 6.45) is 4.02. The van der Waals surface area contributed by atoms with E-state index >= 15 is 0 Å². The van der Waals surface area contributed by atoms with Crippen LogP contribution in [0.15, 0.2) is 11.3 Å². The molecule has 0 aromatic carbocycles. The fourth-order valence-electron chi connectivity index (χ4n) is 2.66. The van der Waals surface area contributed by atoms with Crippen molar-refractivity contribution < 1.29 is 19.4 Å². The zero-order chi connectivity index (χ0) is 13.2. The van der Waals surface area contributed by atoms with Gasteiger partial charge < -0.3 is 14.6 Å². The summed E-state index contributed by atoms with van der Waals surface area (Å²) in [5.41, 5.74) is 0.601. The minimum atomic E-state index is -0.430. The van der Waals surface area contributed by atoms with E-state index < -0.39 is 5.79 Å². The van der Waals surface area contributed by atoms with E-state index in [-0.39, 0.29) is 17.6 Å². The number of Topliss-reactive ketones (excluding diaryl/α,β-unsaturated/α-hetero) is 1. The smallest absolute Gasteiger partial charge is 0.168 e. The van der Waals surface area contributed by atoms with Gasteiger partial charge in [0.15, 0.2) is 11.6 Å². The maximum Gasteiger partial charge on any atom is 0.168 e. The molecule has 102 valence electrons. The van der Waals surface area contributed by atoms with Crippen molar-refractivity contribution in [2.75, 3.05) is 6.61 Å². The Bertz CT molecular complexity index is 355. The highest BCUT2D eigenvalue weighted by Crippen LogP contribution is 2.33. The van der Waals surface area contributed by atoms with Gasteiger partial charge in [0.2, 0.25) is 0 Å². The van der Waals surface area contributed by atoms with Crippen molar-refractivity contribution in [3.8, 4) is 0 Å². The summed E-state index contributed by atoms with van der Waals surface area (Å²) in [6, 6.07) is 0. The molecule has 1 aliphatic heterocycles. The number of carbonyl (C=O) groups excluding carboxylic acids is 1. The first kappa shape index (κ1) is 13.6. The Morgan fingerprint density at radius 1 is 1.33 bits per heavy atom. The molecule has 0 bridgehead atoms. The molecule has 0 saturated carbocycles. The van der Waals surface area contributed by atoms with Crippen LogP contribution >= 0.6 is 0 Å². The minimum absolute atomic E-state index is 0.0404. The molecule has 1 saturated heterocycles. The molecule has 4 heteroatoms. The Labute approximate surface area is 108 Å².